The smallest absolute Gasteiger partial charge is 0.131 e. The van der Waals surface area contributed by atoms with Crippen LogP contribution in [0.3, 0.4) is 0 Å². The van der Waals surface area contributed by atoms with E-state index in [0.29, 0.717) is 5.56 Å². The number of halogens is 1. The normalized spacial score (nSPS) is 22.2. The molecule has 1 aliphatic heterocycles. The van der Waals surface area contributed by atoms with E-state index in [2.05, 4.69) is 11.0 Å². The number of thioether (sulfide) groups is 1. The first-order valence-electron chi connectivity index (χ1n) is 7.02. The van der Waals surface area contributed by atoms with Gasteiger partial charge in [0.15, 0.2) is 0 Å². The van der Waals surface area contributed by atoms with Gasteiger partial charge in [0.25, 0.3) is 0 Å². The van der Waals surface area contributed by atoms with E-state index in [1.807, 2.05) is 40.1 Å². The van der Waals surface area contributed by atoms with Crippen LogP contribution in [0.2, 0.25) is 0 Å². The average molecular weight is 343 g/mol. The molecule has 4 nitrogen and oxygen atoms in total. The van der Waals surface area contributed by atoms with Gasteiger partial charge in [-0.3, -0.25) is 0 Å². The molecule has 0 fully saturated rings. The van der Waals surface area contributed by atoms with Crippen LogP contribution in [-0.2, 0) is 0 Å². The lowest BCUT2D eigenvalue weighted by Crippen LogP contribution is -2.48. The standard InChI is InChI=1S/C16H22N2O2S.ClH/c1-16(2)15(19)14(21-8-7-18(3)4)12-9-11(10-17)5-6-13(12)20-16;/h5-6,9,14-15,19H,7-8H2,1-4H3;1H. The number of rotatable bonds is 4. The lowest BCUT2D eigenvalue weighted by molar-refractivity contribution is -0.0429. The summed E-state index contributed by atoms with van der Waals surface area (Å²) < 4.78 is 5.91. The van der Waals surface area contributed by atoms with Crippen LogP contribution < -0.4 is 4.74 Å². The molecule has 0 bridgehead atoms. The van der Waals surface area contributed by atoms with Crippen molar-refractivity contribution in [1.29, 1.82) is 5.26 Å². The molecule has 1 N–H and O–H groups in total. The van der Waals surface area contributed by atoms with Gasteiger partial charge in [-0.2, -0.15) is 5.26 Å². The molecule has 0 radical (unpaired) electrons. The lowest BCUT2D eigenvalue weighted by atomic mass is 9.90. The summed E-state index contributed by atoms with van der Waals surface area (Å²) in [5.41, 5.74) is 0.892. The number of nitriles is 1. The molecule has 22 heavy (non-hydrogen) atoms. The van der Waals surface area contributed by atoms with Gasteiger partial charge < -0.3 is 14.7 Å². The number of benzene rings is 1. The zero-order chi connectivity index (χ0) is 15.6. The maximum atomic E-state index is 10.6. The largest absolute Gasteiger partial charge is 0.485 e. The minimum atomic E-state index is -0.628. The molecule has 0 aromatic heterocycles. The highest BCUT2D eigenvalue weighted by atomic mass is 35.5. The number of hydrogen-bond acceptors (Lipinski definition) is 5. The van der Waals surface area contributed by atoms with Crippen LogP contribution in [0, 0.1) is 11.3 Å². The van der Waals surface area contributed by atoms with Crippen molar-refractivity contribution < 1.29 is 9.84 Å². The van der Waals surface area contributed by atoms with Gasteiger partial charge in [-0.25, -0.2) is 0 Å². The highest BCUT2D eigenvalue weighted by Gasteiger charge is 2.43. The highest BCUT2D eigenvalue weighted by molar-refractivity contribution is 7.99. The Bertz CT molecular complexity index is 558. The Labute approximate surface area is 142 Å². The molecule has 0 saturated heterocycles. The van der Waals surface area contributed by atoms with Crippen LogP contribution >= 0.6 is 24.2 Å². The van der Waals surface area contributed by atoms with Crippen LogP contribution in [0.1, 0.15) is 30.2 Å². The monoisotopic (exact) mass is 342 g/mol. The third-order valence-electron chi connectivity index (χ3n) is 3.65. The number of nitrogens with zero attached hydrogens (tertiary/aromatic N) is 2. The van der Waals surface area contributed by atoms with E-state index < -0.39 is 11.7 Å². The third kappa shape index (κ3) is 4.08. The molecule has 0 saturated carbocycles. The fourth-order valence-corrected chi connectivity index (χ4v) is 3.95. The Morgan fingerprint density at radius 1 is 1.41 bits per heavy atom. The van der Waals surface area contributed by atoms with Crippen LogP contribution in [0.4, 0.5) is 0 Å². The minimum Gasteiger partial charge on any atom is -0.485 e. The van der Waals surface area contributed by atoms with E-state index in [0.717, 1.165) is 23.6 Å². The van der Waals surface area contributed by atoms with Crippen molar-refractivity contribution in [3.05, 3.63) is 29.3 Å². The Kier molecular flexibility index (Phi) is 6.57. The van der Waals surface area contributed by atoms with Gasteiger partial charge in [0.05, 0.1) is 16.9 Å². The van der Waals surface area contributed by atoms with E-state index in [9.17, 15) is 5.11 Å². The predicted molar refractivity (Wildman–Crippen MR) is 92.9 cm³/mol. The Morgan fingerprint density at radius 2 is 2.09 bits per heavy atom. The molecule has 1 aromatic rings. The van der Waals surface area contributed by atoms with Gasteiger partial charge in [0.1, 0.15) is 17.5 Å². The first kappa shape index (κ1) is 19.1. The van der Waals surface area contributed by atoms with Gasteiger partial charge in [0, 0.05) is 17.9 Å². The maximum Gasteiger partial charge on any atom is 0.131 e. The maximum absolute atomic E-state index is 10.6. The SMILES string of the molecule is CN(C)CCSC1c2cc(C#N)ccc2OC(C)(C)C1O.Cl. The molecule has 6 heteroatoms. The van der Waals surface area contributed by atoms with E-state index in [-0.39, 0.29) is 17.7 Å². The molecule has 1 heterocycles. The number of fused-ring (bicyclic) bond motifs is 1. The summed E-state index contributed by atoms with van der Waals surface area (Å²) in [6.07, 6.45) is -0.605. The lowest BCUT2D eigenvalue weighted by Gasteiger charge is -2.42. The highest BCUT2D eigenvalue weighted by Crippen LogP contribution is 2.46. The van der Waals surface area contributed by atoms with E-state index in [1.54, 1.807) is 17.8 Å². The summed E-state index contributed by atoms with van der Waals surface area (Å²) in [4.78, 5) is 2.12. The summed E-state index contributed by atoms with van der Waals surface area (Å²) in [5.74, 6) is 1.69. The zero-order valence-corrected chi connectivity index (χ0v) is 15.0. The number of hydrogen-bond donors (Lipinski definition) is 1. The molecule has 122 valence electrons. The molecule has 0 aliphatic carbocycles. The molecule has 2 rings (SSSR count). The van der Waals surface area contributed by atoms with Crippen molar-refractivity contribution >= 4 is 24.2 Å². The number of aliphatic hydroxyl groups excluding tert-OH is 1. The zero-order valence-electron chi connectivity index (χ0n) is 13.4. The summed E-state index contributed by atoms with van der Waals surface area (Å²) in [5, 5.41) is 19.6. The second-order valence-electron chi connectivity index (χ2n) is 6.11. The molecular formula is C16H23ClN2O2S. The second-order valence-corrected chi connectivity index (χ2v) is 7.36. The number of ether oxygens (including phenoxy) is 1. The summed E-state index contributed by atoms with van der Waals surface area (Å²) >= 11 is 1.72. The second kappa shape index (κ2) is 7.56. The van der Waals surface area contributed by atoms with Crippen LogP contribution in [0.25, 0.3) is 0 Å². The molecular weight excluding hydrogens is 320 g/mol. The average Bonchev–Trinajstić information content (AvgIpc) is 2.42. The van der Waals surface area contributed by atoms with Crippen molar-refractivity contribution in [3.63, 3.8) is 0 Å². The fourth-order valence-electron chi connectivity index (χ4n) is 2.35. The molecule has 1 aliphatic rings. The van der Waals surface area contributed by atoms with Gasteiger partial charge in [-0.05, 0) is 46.1 Å². The fraction of sp³-hybridized carbons (Fsp3) is 0.562. The van der Waals surface area contributed by atoms with Crippen molar-refractivity contribution in [2.75, 3.05) is 26.4 Å². The quantitative estimate of drug-likeness (QED) is 0.911. The van der Waals surface area contributed by atoms with Gasteiger partial charge in [0.2, 0.25) is 0 Å². The summed E-state index contributed by atoms with van der Waals surface area (Å²) in [6.45, 7) is 4.75. The number of aliphatic hydroxyl groups is 1. The minimum absolute atomic E-state index is 0. The van der Waals surface area contributed by atoms with E-state index >= 15 is 0 Å². The van der Waals surface area contributed by atoms with Crippen LogP contribution in [0.15, 0.2) is 18.2 Å². The third-order valence-corrected chi connectivity index (χ3v) is 4.94. The molecule has 2 unspecified atom stereocenters. The molecule has 0 amide bonds. The molecule has 1 aromatic carbocycles. The Morgan fingerprint density at radius 3 is 2.68 bits per heavy atom. The van der Waals surface area contributed by atoms with Crippen molar-refractivity contribution in [2.45, 2.75) is 30.8 Å². The van der Waals surface area contributed by atoms with Gasteiger partial charge in [-0.1, -0.05) is 0 Å². The molecule has 0 spiro atoms. The van der Waals surface area contributed by atoms with E-state index in [4.69, 9.17) is 10.00 Å². The topological polar surface area (TPSA) is 56.5 Å². The van der Waals surface area contributed by atoms with E-state index in [1.165, 1.54) is 0 Å². The summed E-state index contributed by atoms with van der Waals surface area (Å²) in [7, 11) is 4.07. The first-order valence-corrected chi connectivity index (χ1v) is 8.07. The Balaban J connectivity index is 0.00000242. The predicted octanol–water partition coefficient (Wildman–Crippen LogP) is 2.85. The van der Waals surface area contributed by atoms with Crippen molar-refractivity contribution in [2.24, 2.45) is 0 Å². The van der Waals surface area contributed by atoms with Crippen molar-refractivity contribution in [1.82, 2.24) is 4.90 Å². The van der Waals surface area contributed by atoms with Crippen molar-refractivity contribution in [3.8, 4) is 11.8 Å². The molecule has 2 atom stereocenters. The van der Waals surface area contributed by atoms with Crippen LogP contribution in [0.5, 0.6) is 5.75 Å². The Hall–Kier alpha value is -0.930. The van der Waals surface area contributed by atoms with Gasteiger partial charge >= 0.3 is 0 Å². The first-order chi connectivity index (χ1) is 9.85. The van der Waals surface area contributed by atoms with Gasteiger partial charge in [-0.15, -0.1) is 24.2 Å². The van der Waals surface area contributed by atoms with Crippen LogP contribution in [-0.4, -0.2) is 48.1 Å². The summed E-state index contributed by atoms with van der Waals surface area (Å²) in [6, 6.07) is 7.58.